The molecule has 0 fully saturated rings. The summed E-state index contributed by atoms with van der Waals surface area (Å²) in [4.78, 5) is 11.7. The molecule has 0 aliphatic heterocycles. The monoisotopic (exact) mass is 319 g/mol. The minimum absolute atomic E-state index is 0.250. The highest BCUT2D eigenvalue weighted by Crippen LogP contribution is 2.23. The predicted octanol–water partition coefficient (Wildman–Crippen LogP) is 3.35. The van der Waals surface area contributed by atoms with Gasteiger partial charge in [-0.1, -0.05) is 30.3 Å². The van der Waals surface area contributed by atoms with Gasteiger partial charge in [-0.15, -0.1) is 0 Å². The number of nitrogens with two attached hydrogens (primary N) is 1. The Balaban J connectivity index is 1.89. The van der Waals surface area contributed by atoms with E-state index in [-0.39, 0.29) is 6.03 Å². The minimum Gasteiger partial charge on any atom is -0.398 e. The van der Waals surface area contributed by atoms with Crippen molar-refractivity contribution in [3.05, 3.63) is 58.6 Å². The molecule has 0 aliphatic carbocycles. The SMILES string of the molecule is Nc1ccc(NC(=O)NCc2ccccc2)cc1Br. The second kappa shape index (κ2) is 6.24. The molecule has 0 saturated carbocycles. The fourth-order valence-electron chi connectivity index (χ4n) is 1.56. The number of hydrogen-bond donors (Lipinski definition) is 3. The molecule has 2 amide bonds. The van der Waals surface area contributed by atoms with Crippen LogP contribution in [0.3, 0.4) is 0 Å². The molecule has 2 aromatic carbocycles. The van der Waals surface area contributed by atoms with Crippen LogP contribution in [0.5, 0.6) is 0 Å². The molecule has 0 unspecified atom stereocenters. The first kappa shape index (κ1) is 13.4. The first-order valence-electron chi connectivity index (χ1n) is 5.79. The number of hydrogen-bond acceptors (Lipinski definition) is 2. The van der Waals surface area contributed by atoms with Crippen LogP contribution in [0, 0.1) is 0 Å². The summed E-state index contributed by atoms with van der Waals surface area (Å²) in [5, 5.41) is 5.53. The van der Waals surface area contributed by atoms with Crippen molar-refractivity contribution in [1.29, 1.82) is 0 Å². The van der Waals surface area contributed by atoms with Crippen LogP contribution in [-0.2, 0) is 6.54 Å². The molecule has 0 aliphatic rings. The molecule has 0 heterocycles. The minimum atomic E-state index is -0.250. The summed E-state index contributed by atoms with van der Waals surface area (Å²) in [5.41, 5.74) is 8.05. The van der Waals surface area contributed by atoms with Gasteiger partial charge in [0.1, 0.15) is 0 Å². The van der Waals surface area contributed by atoms with Gasteiger partial charge in [0.25, 0.3) is 0 Å². The average molecular weight is 320 g/mol. The van der Waals surface area contributed by atoms with Gasteiger partial charge in [0.05, 0.1) is 0 Å². The smallest absolute Gasteiger partial charge is 0.319 e. The van der Waals surface area contributed by atoms with E-state index in [1.807, 2.05) is 30.3 Å². The normalized spacial score (nSPS) is 9.95. The number of rotatable bonds is 3. The van der Waals surface area contributed by atoms with Crippen molar-refractivity contribution < 1.29 is 4.79 Å². The molecule has 4 nitrogen and oxygen atoms in total. The van der Waals surface area contributed by atoms with Crippen LogP contribution in [0.15, 0.2) is 53.0 Å². The molecule has 5 heteroatoms. The molecule has 0 aromatic heterocycles. The Bertz CT molecular complexity index is 572. The molecule has 0 bridgehead atoms. The van der Waals surface area contributed by atoms with E-state index in [9.17, 15) is 4.79 Å². The highest BCUT2D eigenvalue weighted by molar-refractivity contribution is 9.10. The van der Waals surface area contributed by atoms with Crippen molar-refractivity contribution in [2.45, 2.75) is 6.54 Å². The lowest BCUT2D eigenvalue weighted by molar-refractivity contribution is 0.251. The van der Waals surface area contributed by atoms with Crippen molar-refractivity contribution in [2.75, 3.05) is 11.1 Å². The molecule has 0 atom stereocenters. The van der Waals surface area contributed by atoms with E-state index in [1.54, 1.807) is 18.2 Å². The molecule has 0 spiro atoms. The van der Waals surface area contributed by atoms with Crippen LogP contribution < -0.4 is 16.4 Å². The summed E-state index contributed by atoms with van der Waals surface area (Å²) < 4.78 is 0.758. The third-order valence-corrected chi connectivity index (χ3v) is 3.24. The van der Waals surface area contributed by atoms with Crippen molar-refractivity contribution >= 4 is 33.3 Å². The largest absolute Gasteiger partial charge is 0.398 e. The van der Waals surface area contributed by atoms with E-state index < -0.39 is 0 Å². The predicted molar refractivity (Wildman–Crippen MR) is 80.9 cm³/mol. The molecular formula is C14H14BrN3O. The average Bonchev–Trinajstić information content (AvgIpc) is 2.42. The van der Waals surface area contributed by atoms with Crippen LogP contribution in [0.4, 0.5) is 16.2 Å². The van der Waals surface area contributed by atoms with E-state index >= 15 is 0 Å². The number of carbonyl (C=O) groups excluding carboxylic acids is 1. The zero-order valence-electron chi connectivity index (χ0n) is 10.2. The van der Waals surface area contributed by atoms with Crippen molar-refractivity contribution in [2.24, 2.45) is 0 Å². The molecule has 98 valence electrons. The molecule has 19 heavy (non-hydrogen) atoms. The number of carbonyl (C=O) groups is 1. The van der Waals surface area contributed by atoms with Crippen LogP contribution in [0.2, 0.25) is 0 Å². The van der Waals surface area contributed by atoms with Gasteiger partial charge in [0, 0.05) is 22.4 Å². The third-order valence-electron chi connectivity index (χ3n) is 2.55. The number of amides is 2. The zero-order valence-corrected chi connectivity index (χ0v) is 11.8. The van der Waals surface area contributed by atoms with Gasteiger partial charge >= 0.3 is 6.03 Å². The summed E-state index contributed by atoms with van der Waals surface area (Å²) in [6, 6.07) is 14.7. The molecular weight excluding hydrogens is 306 g/mol. The third kappa shape index (κ3) is 3.99. The number of nitrogen functional groups attached to an aromatic ring is 1. The van der Waals surface area contributed by atoms with E-state index in [2.05, 4.69) is 26.6 Å². The molecule has 4 N–H and O–H groups in total. The standard InChI is InChI=1S/C14H14BrN3O/c15-12-8-11(6-7-13(12)16)18-14(19)17-9-10-4-2-1-3-5-10/h1-8H,9,16H2,(H2,17,18,19). The van der Waals surface area contributed by atoms with E-state index in [0.29, 0.717) is 17.9 Å². The fourth-order valence-corrected chi connectivity index (χ4v) is 1.94. The maximum Gasteiger partial charge on any atom is 0.319 e. The Hall–Kier alpha value is -2.01. The van der Waals surface area contributed by atoms with Gasteiger partial charge in [-0.2, -0.15) is 0 Å². The quantitative estimate of drug-likeness (QED) is 0.759. The topological polar surface area (TPSA) is 67.1 Å². The van der Waals surface area contributed by atoms with Gasteiger partial charge in [-0.25, -0.2) is 4.79 Å². The van der Waals surface area contributed by atoms with Gasteiger partial charge in [0.2, 0.25) is 0 Å². The lowest BCUT2D eigenvalue weighted by atomic mass is 10.2. The molecule has 0 radical (unpaired) electrons. The fraction of sp³-hybridized carbons (Fsp3) is 0.0714. The second-order valence-electron chi connectivity index (χ2n) is 4.03. The van der Waals surface area contributed by atoms with E-state index in [0.717, 1.165) is 10.0 Å². The summed E-state index contributed by atoms with van der Waals surface area (Å²) in [5.74, 6) is 0. The molecule has 2 rings (SSSR count). The van der Waals surface area contributed by atoms with Gasteiger partial charge in [-0.05, 0) is 39.7 Å². The van der Waals surface area contributed by atoms with Crippen LogP contribution in [-0.4, -0.2) is 6.03 Å². The lowest BCUT2D eigenvalue weighted by Gasteiger charge is -2.08. The lowest BCUT2D eigenvalue weighted by Crippen LogP contribution is -2.28. The Morgan fingerprint density at radius 3 is 2.58 bits per heavy atom. The second-order valence-corrected chi connectivity index (χ2v) is 4.88. The first-order valence-corrected chi connectivity index (χ1v) is 6.58. The van der Waals surface area contributed by atoms with Crippen LogP contribution >= 0.6 is 15.9 Å². The summed E-state index contributed by atoms with van der Waals surface area (Å²) >= 11 is 3.31. The number of nitrogens with one attached hydrogen (secondary N) is 2. The zero-order chi connectivity index (χ0) is 13.7. The van der Waals surface area contributed by atoms with Crippen LogP contribution in [0.1, 0.15) is 5.56 Å². The summed E-state index contributed by atoms with van der Waals surface area (Å²) in [6.45, 7) is 0.489. The van der Waals surface area contributed by atoms with Gasteiger partial charge < -0.3 is 16.4 Å². The Morgan fingerprint density at radius 1 is 1.16 bits per heavy atom. The number of benzene rings is 2. The Kier molecular flexibility index (Phi) is 4.41. The van der Waals surface area contributed by atoms with Crippen molar-refractivity contribution in [1.82, 2.24) is 5.32 Å². The van der Waals surface area contributed by atoms with Crippen molar-refractivity contribution in [3.63, 3.8) is 0 Å². The number of anilines is 2. The van der Waals surface area contributed by atoms with Crippen LogP contribution in [0.25, 0.3) is 0 Å². The maximum absolute atomic E-state index is 11.7. The summed E-state index contributed by atoms with van der Waals surface area (Å²) in [6.07, 6.45) is 0. The Morgan fingerprint density at radius 2 is 1.89 bits per heavy atom. The molecule has 0 saturated heterocycles. The highest BCUT2D eigenvalue weighted by Gasteiger charge is 2.03. The molecule has 2 aromatic rings. The highest BCUT2D eigenvalue weighted by atomic mass is 79.9. The maximum atomic E-state index is 11.7. The van der Waals surface area contributed by atoms with Gasteiger partial charge in [-0.3, -0.25) is 0 Å². The number of halogens is 1. The number of urea groups is 1. The first-order chi connectivity index (χ1) is 9.15. The van der Waals surface area contributed by atoms with Gasteiger partial charge in [0.15, 0.2) is 0 Å². The summed E-state index contributed by atoms with van der Waals surface area (Å²) in [7, 11) is 0. The van der Waals surface area contributed by atoms with E-state index in [1.165, 1.54) is 0 Å². The Labute approximate surface area is 120 Å². The van der Waals surface area contributed by atoms with Crippen molar-refractivity contribution in [3.8, 4) is 0 Å². The van der Waals surface area contributed by atoms with E-state index in [4.69, 9.17) is 5.73 Å².